The van der Waals surface area contributed by atoms with Gasteiger partial charge in [0.15, 0.2) is 9.84 Å². The summed E-state index contributed by atoms with van der Waals surface area (Å²) in [7, 11) is -3.40. The van der Waals surface area contributed by atoms with Crippen molar-refractivity contribution in [1.82, 2.24) is 20.2 Å². The molecule has 1 saturated heterocycles. The number of carbonyl (C=O) groups excluding carboxylic acids is 1. The van der Waals surface area contributed by atoms with Crippen LogP contribution in [0, 0.1) is 13.8 Å². The first-order valence-corrected chi connectivity index (χ1v) is 14.8. The molecule has 9 heteroatoms. The topological polar surface area (TPSA) is 115 Å². The molecular weight excluding hydrogens is 500 g/mol. The van der Waals surface area contributed by atoms with Gasteiger partial charge in [0.1, 0.15) is 5.65 Å². The number of aromatic nitrogens is 2. The van der Waals surface area contributed by atoms with Crippen LogP contribution in [0.2, 0.25) is 0 Å². The lowest BCUT2D eigenvalue weighted by molar-refractivity contribution is 0.0902. The maximum Gasteiger partial charge on any atom is 0.251 e. The molecule has 1 amide bonds. The van der Waals surface area contributed by atoms with Gasteiger partial charge in [-0.1, -0.05) is 19.1 Å². The Hall–Kier alpha value is -3.27. The van der Waals surface area contributed by atoms with Crippen molar-refractivity contribution in [3.63, 3.8) is 0 Å². The quantitative estimate of drug-likeness (QED) is 0.330. The van der Waals surface area contributed by atoms with Crippen LogP contribution >= 0.6 is 0 Å². The zero-order chi connectivity index (χ0) is 27.0. The standard InChI is InChI=1S/C29H34N4O4S/c1-4-38(36,37)22-7-5-6-20(15-22)24-16-23(29(35)31-21-8-10-33(11-9-21)12-13-34)19(3)27-26(24)25-14-18(2)17-30-28(25)32-27/h5-7,14-17,21,34H,4,8-13H2,1-3H3,(H,30,32)(H,31,35). The first kappa shape index (κ1) is 26.3. The molecule has 0 spiro atoms. The number of carbonyl (C=O) groups is 1. The van der Waals surface area contributed by atoms with Crippen LogP contribution in [0.15, 0.2) is 47.5 Å². The second-order valence-electron chi connectivity index (χ2n) is 10.1. The fourth-order valence-electron chi connectivity index (χ4n) is 5.39. The fourth-order valence-corrected chi connectivity index (χ4v) is 6.31. The predicted octanol–water partition coefficient (Wildman–Crippen LogP) is 3.98. The van der Waals surface area contributed by atoms with Crippen molar-refractivity contribution in [1.29, 1.82) is 0 Å². The smallest absolute Gasteiger partial charge is 0.251 e. The van der Waals surface area contributed by atoms with Crippen LogP contribution in [0.5, 0.6) is 0 Å². The molecule has 2 aromatic heterocycles. The summed E-state index contributed by atoms with van der Waals surface area (Å²) in [4.78, 5) is 24.1. The van der Waals surface area contributed by atoms with Gasteiger partial charge in [0.05, 0.1) is 22.8 Å². The van der Waals surface area contributed by atoms with E-state index in [4.69, 9.17) is 0 Å². The highest BCUT2D eigenvalue weighted by molar-refractivity contribution is 7.91. The third-order valence-electron chi connectivity index (χ3n) is 7.59. The molecule has 8 nitrogen and oxygen atoms in total. The Bertz CT molecular complexity index is 1620. The van der Waals surface area contributed by atoms with Crippen LogP contribution in [0.1, 0.15) is 41.3 Å². The van der Waals surface area contributed by atoms with Gasteiger partial charge >= 0.3 is 0 Å². The van der Waals surface area contributed by atoms with Gasteiger partial charge in [-0.15, -0.1) is 0 Å². The molecule has 1 aliphatic heterocycles. The van der Waals surface area contributed by atoms with Gasteiger partial charge in [0.25, 0.3) is 5.91 Å². The van der Waals surface area contributed by atoms with E-state index >= 15 is 0 Å². The van der Waals surface area contributed by atoms with Crippen LogP contribution in [-0.4, -0.2) is 72.3 Å². The van der Waals surface area contributed by atoms with Crippen molar-refractivity contribution in [3.8, 4) is 11.1 Å². The molecule has 1 fully saturated rings. The zero-order valence-corrected chi connectivity index (χ0v) is 22.9. The van der Waals surface area contributed by atoms with Crippen molar-refractivity contribution in [2.45, 2.75) is 44.6 Å². The van der Waals surface area contributed by atoms with E-state index in [1.807, 2.05) is 26.0 Å². The number of piperidine rings is 1. The number of aliphatic hydroxyl groups excluding tert-OH is 1. The van der Waals surface area contributed by atoms with Crippen molar-refractivity contribution in [2.24, 2.45) is 0 Å². The Morgan fingerprint density at radius 2 is 1.95 bits per heavy atom. The molecule has 0 bridgehead atoms. The summed E-state index contributed by atoms with van der Waals surface area (Å²) in [6.07, 6.45) is 3.46. The molecule has 0 saturated carbocycles. The number of aromatic amines is 1. The normalized spacial score (nSPS) is 15.4. The summed E-state index contributed by atoms with van der Waals surface area (Å²) in [6, 6.07) is 11.0. The first-order chi connectivity index (χ1) is 18.2. The number of aryl methyl sites for hydroxylation is 2. The zero-order valence-electron chi connectivity index (χ0n) is 22.0. The number of likely N-dealkylation sites (tertiary alicyclic amines) is 1. The molecule has 0 unspecified atom stereocenters. The average Bonchev–Trinajstić information content (AvgIpc) is 3.29. The lowest BCUT2D eigenvalue weighted by Gasteiger charge is -2.32. The van der Waals surface area contributed by atoms with Crippen molar-refractivity contribution in [3.05, 3.63) is 59.3 Å². The number of hydrogen-bond donors (Lipinski definition) is 3. The third-order valence-corrected chi connectivity index (χ3v) is 9.32. The number of nitrogens with one attached hydrogen (secondary N) is 2. The highest BCUT2D eigenvalue weighted by atomic mass is 32.2. The monoisotopic (exact) mass is 534 g/mol. The fraction of sp³-hybridized carbons (Fsp3) is 0.379. The molecular formula is C29H34N4O4S. The van der Waals surface area contributed by atoms with E-state index in [1.165, 1.54) is 0 Å². The molecule has 0 aliphatic carbocycles. The largest absolute Gasteiger partial charge is 0.395 e. The van der Waals surface area contributed by atoms with Gasteiger partial charge in [-0.2, -0.15) is 0 Å². The van der Waals surface area contributed by atoms with Gasteiger partial charge in [-0.25, -0.2) is 13.4 Å². The Balaban J connectivity index is 1.62. The van der Waals surface area contributed by atoms with Crippen LogP contribution in [0.3, 0.4) is 0 Å². The third kappa shape index (κ3) is 4.93. The summed E-state index contributed by atoms with van der Waals surface area (Å²) in [5.74, 6) is -0.132. The van der Waals surface area contributed by atoms with Gasteiger partial charge in [-0.05, 0) is 73.2 Å². The highest BCUT2D eigenvalue weighted by Gasteiger charge is 2.24. The summed E-state index contributed by atoms with van der Waals surface area (Å²) < 4.78 is 25.3. The number of amides is 1. The number of nitrogens with zero attached hydrogens (tertiary/aromatic N) is 2. The number of rotatable bonds is 7. The van der Waals surface area contributed by atoms with E-state index in [1.54, 1.807) is 31.3 Å². The SMILES string of the molecule is CCS(=O)(=O)c1cccc(-c2cc(C(=O)NC3CCN(CCO)CC3)c(C)c3[nH]c4ncc(C)cc4c23)c1. The summed E-state index contributed by atoms with van der Waals surface area (Å²) in [5, 5.41) is 14.3. The molecule has 200 valence electrons. The maximum atomic E-state index is 13.6. The van der Waals surface area contributed by atoms with Crippen molar-refractivity contribution >= 4 is 37.7 Å². The minimum atomic E-state index is -3.40. The number of aliphatic hydroxyl groups is 1. The van der Waals surface area contributed by atoms with Crippen molar-refractivity contribution < 1.29 is 18.3 Å². The number of hydrogen-bond acceptors (Lipinski definition) is 6. The molecule has 5 rings (SSSR count). The molecule has 1 aliphatic rings. The number of sulfone groups is 1. The van der Waals surface area contributed by atoms with E-state index in [-0.39, 0.29) is 29.2 Å². The van der Waals surface area contributed by atoms with E-state index in [2.05, 4.69) is 26.3 Å². The van der Waals surface area contributed by atoms with Crippen LogP contribution in [0.25, 0.3) is 33.1 Å². The Morgan fingerprint density at radius 1 is 1.18 bits per heavy atom. The molecule has 3 heterocycles. The second-order valence-corrected chi connectivity index (χ2v) is 12.4. The van der Waals surface area contributed by atoms with Gasteiger partial charge in [0, 0.05) is 48.2 Å². The van der Waals surface area contributed by atoms with E-state index in [0.717, 1.165) is 70.1 Å². The number of β-amino-alcohol motifs (C(OH)–C–C–N with tert-alkyl or cyclic N) is 1. The Morgan fingerprint density at radius 3 is 2.66 bits per heavy atom. The minimum absolute atomic E-state index is 0.0146. The molecule has 0 atom stereocenters. The summed E-state index contributed by atoms with van der Waals surface area (Å²) >= 11 is 0. The van der Waals surface area contributed by atoms with E-state index in [0.29, 0.717) is 12.1 Å². The Labute approximate surface area is 223 Å². The number of H-pyrrole nitrogens is 1. The molecule has 0 radical (unpaired) electrons. The summed E-state index contributed by atoms with van der Waals surface area (Å²) in [5.41, 5.74) is 5.46. The van der Waals surface area contributed by atoms with Gasteiger partial charge < -0.3 is 20.3 Å². The van der Waals surface area contributed by atoms with Gasteiger partial charge in [-0.3, -0.25) is 4.79 Å². The molecule has 3 N–H and O–H groups in total. The second kappa shape index (κ2) is 10.5. The van der Waals surface area contributed by atoms with Crippen LogP contribution in [-0.2, 0) is 9.84 Å². The van der Waals surface area contributed by atoms with Gasteiger partial charge in [0.2, 0.25) is 0 Å². The summed E-state index contributed by atoms with van der Waals surface area (Å²) in [6.45, 7) is 8.02. The lowest BCUT2D eigenvalue weighted by atomic mass is 9.93. The molecule has 38 heavy (non-hydrogen) atoms. The number of benzene rings is 2. The first-order valence-electron chi connectivity index (χ1n) is 13.1. The molecule has 4 aromatic rings. The Kier molecular flexibility index (Phi) is 7.26. The van der Waals surface area contributed by atoms with E-state index < -0.39 is 9.84 Å². The average molecular weight is 535 g/mol. The highest BCUT2D eigenvalue weighted by Crippen LogP contribution is 2.38. The minimum Gasteiger partial charge on any atom is -0.395 e. The predicted molar refractivity (Wildman–Crippen MR) is 150 cm³/mol. The van der Waals surface area contributed by atoms with Crippen molar-refractivity contribution in [2.75, 3.05) is 32.0 Å². The number of fused-ring (bicyclic) bond motifs is 3. The molecule has 2 aromatic carbocycles. The van der Waals surface area contributed by atoms with Crippen LogP contribution in [0.4, 0.5) is 0 Å². The van der Waals surface area contributed by atoms with Crippen LogP contribution < -0.4 is 5.32 Å². The van der Waals surface area contributed by atoms with E-state index in [9.17, 15) is 18.3 Å². The maximum absolute atomic E-state index is 13.6. The number of pyridine rings is 1. The lowest BCUT2D eigenvalue weighted by Crippen LogP contribution is -2.45.